The number of fused-ring (bicyclic) bond motifs is 1. The van der Waals surface area contributed by atoms with Crippen LogP contribution in [0.4, 0.5) is 5.95 Å². The van der Waals surface area contributed by atoms with Crippen molar-refractivity contribution >= 4 is 29.5 Å². The minimum atomic E-state index is -0.378. The van der Waals surface area contributed by atoms with Crippen molar-refractivity contribution in [2.24, 2.45) is 19.8 Å². The number of rotatable bonds is 3. The number of nitrogens with two attached hydrogens (primary N) is 1. The molecule has 1 aliphatic rings. The van der Waals surface area contributed by atoms with E-state index in [-0.39, 0.29) is 29.7 Å². The van der Waals surface area contributed by atoms with Crippen LogP contribution in [0.3, 0.4) is 0 Å². The van der Waals surface area contributed by atoms with E-state index in [1.807, 2.05) is 34.9 Å². The molecule has 3 aromatic rings. The molecule has 0 spiro atoms. The molecule has 1 atom stereocenters. The Balaban J connectivity index is 0.00000210. The van der Waals surface area contributed by atoms with Gasteiger partial charge in [0.05, 0.1) is 6.54 Å². The molecule has 27 heavy (non-hydrogen) atoms. The molecule has 1 aliphatic heterocycles. The Kier molecular flexibility index (Phi) is 5.12. The summed E-state index contributed by atoms with van der Waals surface area (Å²) in [7, 11) is 3.14. The zero-order chi connectivity index (χ0) is 18.4. The highest BCUT2D eigenvalue weighted by atomic mass is 35.5. The highest BCUT2D eigenvalue weighted by Crippen LogP contribution is 2.24. The SMILES string of the molecule is Cl.Cn1c(=O)c2c(nc(N3CCC(N)C3)n2Cc2ccccc2)n(C)c1=O. The second-order valence-corrected chi connectivity index (χ2v) is 6.86. The Morgan fingerprint density at radius 1 is 1.15 bits per heavy atom. The third kappa shape index (κ3) is 3.15. The Morgan fingerprint density at radius 2 is 1.85 bits per heavy atom. The second-order valence-electron chi connectivity index (χ2n) is 6.86. The largest absolute Gasteiger partial charge is 0.341 e. The van der Waals surface area contributed by atoms with Crippen LogP contribution in [0.15, 0.2) is 39.9 Å². The number of hydrogen-bond donors (Lipinski definition) is 1. The predicted octanol–water partition coefficient (Wildman–Crippen LogP) is 0.441. The van der Waals surface area contributed by atoms with Gasteiger partial charge < -0.3 is 10.6 Å². The van der Waals surface area contributed by atoms with Crippen LogP contribution in [0.2, 0.25) is 0 Å². The van der Waals surface area contributed by atoms with Crippen LogP contribution in [0.5, 0.6) is 0 Å². The normalized spacial score (nSPS) is 16.7. The van der Waals surface area contributed by atoms with Gasteiger partial charge in [-0.05, 0) is 12.0 Å². The number of aryl methyl sites for hydroxylation is 1. The molecule has 8 nitrogen and oxygen atoms in total. The maximum Gasteiger partial charge on any atom is 0.332 e. The summed E-state index contributed by atoms with van der Waals surface area (Å²) in [6.07, 6.45) is 0.880. The minimum absolute atomic E-state index is 0. The highest BCUT2D eigenvalue weighted by molar-refractivity contribution is 5.85. The average Bonchev–Trinajstić information content (AvgIpc) is 3.23. The summed E-state index contributed by atoms with van der Waals surface area (Å²) in [6, 6.07) is 10.0. The third-order valence-corrected chi connectivity index (χ3v) is 5.02. The molecule has 144 valence electrons. The lowest BCUT2D eigenvalue weighted by molar-refractivity contribution is 0.701. The Morgan fingerprint density at radius 3 is 2.48 bits per heavy atom. The van der Waals surface area contributed by atoms with E-state index in [2.05, 4.69) is 9.88 Å². The summed E-state index contributed by atoms with van der Waals surface area (Å²) in [4.78, 5) is 31.9. The van der Waals surface area contributed by atoms with Crippen LogP contribution in [-0.2, 0) is 20.6 Å². The number of anilines is 1. The third-order valence-electron chi connectivity index (χ3n) is 5.02. The average molecular weight is 391 g/mol. The number of hydrogen-bond acceptors (Lipinski definition) is 5. The van der Waals surface area contributed by atoms with Crippen LogP contribution in [-0.4, -0.2) is 37.8 Å². The van der Waals surface area contributed by atoms with E-state index < -0.39 is 0 Å². The molecule has 9 heteroatoms. The van der Waals surface area contributed by atoms with Crippen LogP contribution in [0, 0.1) is 0 Å². The Bertz CT molecular complexity index is 1090. The fourth-order valence-electron chi connectivity index (χ4n) is 3.56. The number of aromatic nitrogens is 4. The van der Waals surface area contributed by atoms with Crippen LogP contribution in [0.1, 0.15) is 12.0 Å². The molecule has 0 radical (unpaired) electrons. The van der Waals surface area contributed by atoms with Crippen molar-refractivity contribution in [1.29, 1.82) is 0 Å². The van der Waals surface area contributed by atoms with Crippen LogP contribution < -0.4 is 21.9 Å². The molecule has 2 aromatic heterocycles. The van der Waals surface area contributed by atoms with E-state index in [4.69, 9.17) is 5.73 Å². The number of nitrogens with zero attached hydrogens (tertiary/aromatic N) is 5. The van der Waals surface area contributed by atoms with Gasteiger partial charge in [0.15, 0.2) is 11.2 Å². The number of benzene rings is 1. The Labute approximate surface area is 162 Å². The van der Waals surface area contributed by atoms with E-state index in [0.29, 0.717) is 30.2 Å². The van der Waals surface area contributed by atoms with E-state index in [0.717, 1.165) is 23.1 Å². The first-order valence-electron chi connectivity index (χ1n) is 8.68. The van der Waals surface area contributed by atoms with Gasteiger partial charge >= 0.3 is 5.69 Å². The van der Waals surface area contributed by atoms with Gasteiger partial charge in [0.1, 0.15) is 0 Å². The zero-order valence-corrected chi connectivity index (χ0v) is 16.1. The number of halogens is 1. The summed E-state index contributed by atoms with van der Waals surface area (Å²) in [5, 5.41) is 0. The summed E-state index contributed by atoms with van der Waals surface area (Å²) < 4.78 is 4.47. The van der Waals surface area contributed by atoms with Crippen molar-refractivity contribution in [1.82, 2.24) is 18.7 Å². The van der Waals surface area contributed by atoms with Crippen molar-refractivity contribution in [3.05, 3.63) is 56.7 Å². The molecular weight excluding hydrogens is 368 g/mol. The quantitative estimate of drug-likeness (QED) is 0.700. The maximum absolute atomic E-state index is 12.9. The predicted molar refractivity (Wildman–Crippen MR) is 108 cm³/mol. The van der Waals surface area contributed by atoms with Crippen LogP contribution in [0.25, 0.3) is 11.2 Å². The smallest absolute Gasteiger partial charge is 0.332 e. The Hall–Kier alpha value is -2.58. The summed E-state index contributed by atoms with van der Waals surface area (Å²) in [6.45, 7) is 1.98. The van der Waals surface area contributed by atoms with Gasteiger partial charge in [-0.25, -0.2) is 4.79 Å². The zero-order valence-electron chi connectivity index (χ0n) is 15.3. The summed E-state index contributed by atoms with van der Waals surface area (Å²) >= 11 is 0. The molecule has 3 heterocycles. The molecule has 1 unspecified atom stereocenters. The van der Waals surface area contributed by atoms with E-state index in [1.165, 1.54) is 11.6 Å². The molecule has 0 bridgehead atoms. The highest BCUT2D eigenvalue weighted by Gasteiger charge is 2.27. The lowest BCUT2D eigenvalue weighted by atomic mass is 10.2. The monoisotopic (exact) mass is 390 g/mol. The minimum Gasteiger partial charge on any atom is -0.341 e. The molecule has 0 aliphatic carbocycles. The van der Waals surface area contributed by atoms with E-state index in [1.54, 1.807) is 7.05 Å². The van der Waals surface area contributed by atoms with Gasteiger partial charge in [-0.1, -0.05) is 30.3 Å². The van der Waals surface area contributed by atoms with Crippen LogP contribution >= 0.6 is 12.4 Å². The van der Waals surface area contributed by atoms with Gasteiger partial charge in [-0.15, -0.1) is 12.4 Å². The fraction of sp³-hybridized carbons (Fsp3) is 0.389. The molecule has 2 N–H and O–H groups in total. The molecule has 1 fully saturated rings. The standard InChI is InChI=1S/C18H22N6O2.ClH/c1-21-15-14(16(25)22(2)18(21)26)24(10-12-6-4-3-5-7-12)17(20-15)23-9-8-13(19)11-23;/h3-7,13H,8-11,19H2,1-2H3;1H. The topological polar surface area (TPSA) is 91.1 Å². The summed E-state index contributed by atoms with van der Waals surface area (Å²) in [5.74, 6) is 0.690. The second kappa shape index (κ2) is 7.21. The van der Waals surface area contributed by atoms with Gasteiger partial charge in [-0.3, -0.25) is 18.5 Å². The van der Waals surface area contributed by atoms with Crippen molar-refractivity contribution in [2.75, 3.05) is 18.0 Å². The molecule has 1 aromatic carbocycles. The first-order chi connectivity index (χ1) is 12.5. The molecular formula is C18H23ClN6O2. The molecule has 4 rings (SSSR count). The number of imidazole rings is 1. The maximum atomic E-state index is 12.9. The van der Waals surface area contributed by atoms with Gasteiger partial charge in [0, 0.05) is 33.2 Å². The lowest BCUT2D eigenvalue weighted by Crippen LogP contribution is -2.37. The first kappa shape index (κ1) is 19.2. The first-order valence-corrected chi connectivity index (χ1v) is 8.68. The van der Waals surface area contributed by atoms with E-state index in [9.17, 15) is 9.59 Å². The lowest BCUT2D eigenvalue weighted by Gasteiger charge is -2.19. The molecule has 1 saturated heterocycles. The van der Waals surface area contributed by atoms with Gasteiger partial charge in [-0.2, -0.15) is 4.98 Å². The summed E-state index contributed by atoms with van der Waals surface area (Å²) in [5.41, 5.74) is 7.27. The van der Waals surface area contributed by atoms with Crippen molar-refractivity contribution < 1.29 is 0 Å². The van der Waals surface area contributed by atoms with Crippen molar-refractivity contribution in [2.45, 2.75) is 19.0 Å². The van der Waals surface area contributed by atoms with Crippen molar-refractivity contribution in [3.8, 4) is 0 Å². The molecule has 0 amide bonds. The van der Waals surface area contributed by atoms with Crippen molar-refractivity contribution in [3.63, 3.8) is 0 Å². The molecule has 0 saturated carbocycles. The van der Waals surface area contributed by atoms with Gasteiger partial charge in [0.25, 0.3) is 5.56 Å². The fourth-order valence-corrected chi connectivity index (χ4v) is 3.56. The van der Waals surface area contributed by atoms with Gasteiger partial charge in [0.2, 0.25) is 5.95 Å². The van der Waals surface area contributed by atoms with E-state index >= 15 is 0 Å².